The maximum atomic E-state index is 9.51. The first-order valence-electron chi connectivity index (χ1n) is 10.3. The Kier molecular flexibility index (Phi) is 4.98. The lowest BCUT2D eigenvalue weighted by atomic mass is 10.1. The van der Waals surface area contributed by atoms with Crippen LogP contribution in [0.15, 0.2) is 54.6 Å². The Balaban J connectivity index is 1.64. The van der Waals surface area contributed by atoms with Gasteiger partial charge in [-0.05, 0) is 17.7 Å². The van der Waals surface area contributed by atoms with E-state index in [-0.39, 0.29) is 0 Å². The normalized spacial score (nSPS) is 12.9. The number of hydrogen-bond donors (Lipinski definition) is 2. The van der Waals surface area contributed by atoms with Crippen LogP contribution in [0.2, 0.25) is 0 Å². The number of fused-ring (bicyclic) bond motifs is 2. The molecule has 4 aromatic rings. The van der Waals surface area contributed by atoms with Crippen LogP contribution in [-0.4, -0.2) is 28.2 Å². The summed E-state index contributed by atoms with van der Waals surface area (Å²) in [5.41, 5.74) is 4.75. The van der Waals surface area contributed by atoms with Gasteiger partial charge in [-0.25, -0.2) is 9.55 Å². The number of benzene rings is 2. The second-order valence-corrected chi connectivity index (χ2v) is 7.44. The van der Waals surface area contributed by atoms with E-state index in [0.29, 0.717) is 23.9 Å². The number of rotatable bonds is 5. The van der Waals surface area contributed by atoms with Gasteiger partial charge in [-0.1, -0.05) is 36.4 Å². The predicted molar refractivity (Wildman–Crippen MR) is 119 cm³/mol. The number of ether oxygens (including phenoxy) is 1. The first kappa shape index (κ1) is 19.1. The minimum absolute atomic E-state index is 0.540. The molecule has 1 aliphatic heterocycles. The van der Waals surface area contributed by atoms with Crippen molar-refractivity contribution in [3.63, 3.8) is 0 Å². The van der Waals surface area contributed by atoms with Crippen LogP contribution >= 0.6 is 0 Å². The highest BCUT2D eigenvalue weighted by molar-refractivity contribution is 5.89. The first-order valence-corrected chi connectivity index (χ1v) is 10.3. The Morgan fingerprint density at radius 3 is 2.84 bits per heavy atom. The third kappa shape index (κ3) is 3.47. The van der Waals surface area contributed by atoms with E-state index in [9.17, 15) is 5.26 Å². The van der Waals surface area contributed by atoms with Gasteiger partial charge in [0.15, 0.2) is 0 Å². The number of nitriles is 1. The Morgan fingerprint density at radius 2 is 2.03 bits per heavy atom. The van der Waals surface area contributed by atoms with E-state index in [2.05, 4.69) is 28.8 Å². The molecule has 31 heavy (non-hydrogen) atoms. The van der Waals surface area contributed by atoms with Gasteiger partial charge in [-0.2, -0.15) is 10.2 Å². The zero-order valence-electron chi connectivity index (χ0n) is 17.2. The number of methoxy groups -OCH3 is 1. The van der Waals surface area contributed by atoms with E-state index >= 15 is 0 Å². The molecule has 0 aliphatic carbocycles. The van der Waals surface area contributed by atoms with E-state index in [4.69, 9.17) is 14.7 Å². The van der Waals surface area contributed by atoms with Gasteiger partial charge in [0, 0.05) is 43.1 Å². The summed E-state index contributed by atoms with van der Waals surface area (Å²) in [7, 11) is 1.62. The van der Waals surface area contributed by atoms with Crippen molar-refractivity contribution in [2.75, 3.05) is 19.0 Å². The molecular weight excluding hydrogens is 388 g/mol. The molecule has 0 fully saturated rings. The zero-order valence-corrected chi connectivity index (χ0v) is 17.2. The molecule has 0 saturated carbocycles. The van der Waals surface area contributed by atoms with Crippen LogP contribution in [0.4, 0.5) is 5.82 Å². The Morgan fingerprint density at radius 1 is 1.16 bits per heavy atom. The Labute approximate surface area is 180 Å². The van der Waals surface area contributed by atoms with Crippen LogP contribution < -0.4 is 15.4 Å². The molecule has 0 amide bonds. The molecule has 2 aromatic carbocycles. The summed E-state index contributed by atoms with van der Waals surface area (Å²) in [5, 5.41) is 17.2. The average molecular weight is 410 g/mol. The van der Waals surface area contributed by atoms with Crippen molar-refractivity contribution in [2.45, 2.75) is 19.5 Å². The minimum atomic E-state index is 0.540. The highest BCUT2D eigenvalue weighted by Crippen LogP contribution is 2.32. The fourth-order valence-corrected chi connectivity index (χ4v) is 4.02. The molecule has 2 aromatic heterocycles. The first-order chi connectivity index (χ1) is 15.3. The summed E-state index contributed by atoms with van der Waals surface area (Å²) in [6.45, 7) is 2.28. The molecule has 0 bridgehead atoms. The minimum Gasteiger partial charge on any atom is -0.482 e. The van der Waals surface area contributed by atoms with E-state index in [1.807, 2.05) is 41.0 Å². The average Bonchev–Trinajstić information content (AvgIpc) is 3.22. The van der Waals surface area contributed by atoms with Crippen molar-refractivity contribution in [3.8, 4) is 17.9 Å². The molecule has 3 heterocycles. The third-order valence-corrected chi connectivity index (χ3v) is 5.57. The van der Waals surface area contributed by atoms with Gasteiger partial charge in [0.25, 0.3) is 0 Å². The molecular formula is C24H22N6O. The molecule has 0 saturated heterocycles. The SMILES string of the molecule is COc1cc2c(C#N)cccc2n1-c1nc2c(c(NCc3ccccc3)n1)CNCC2. The van der Waals surface area contributed by atoms with Gasteiger partial charge in [0.1, 0.15) is 5.82 Å². The van der Waals surface area contributed by atoms with Crippen LogP contribution in [0.5, 0.6) is 5.88 Å². The number of hydrogen-bond acceptors (Lipinski definition) is 6. The lowest BCUT2D eigenvalue weighted by Gasteiger charge is -2.21. The highest BCUT2D eigenvalue weighted by atomic mass is 16.5. The van der Waals surface area contributed by atoms with Crippen LogP contribution in [0.3, 0.4) is 0 Å². The highest BCUT2D eigenvalue weighted by Gasteiger charge is 2.21. The third-order valence-electron chi connectivity index (χ3n) is 5.57. The maximum Gasteiger partial charge on any atom is 0.239 e. The van der Waals surface area contributed by atoms with E-state index in [1.165, 1.54) is 5.56 Å². The lowest BCUT2D eigenvalue weighted by Crippen LogP contribution is -2.27. The van der Waals surface area contributed by atoms with Gasteiger partial charge in [0.05, 0.1) is 30.0 Å². The second kappa shape index (κ2) is 8.09. The lowest BCUT2D eigenvalue weighted by molar-refractivity contribution is 0.390. The standard InChI is InChI=1S/C24H22N6O/c1-31-22-12-18-17(13-25)8-5-9-21(18)30(22)24-28-20-10-11-26-15-19(20)23(29-24)27-14-16-6-3-2-4-7-16/h2-9,12,26H,10-11,14-15H2,1H3,(H,27,28,29). The molecule has 7 heteroatoms. The van der Waals surface area contributed by atoms with Crippen molar-refractivity contribution in [1.82, 2.24) is 19.9 Å². The van der Waals surface area contributed by atoms with Crippen LogP contribution in [0.1, 0.15) is 22.4 Å². The molecule has 2 N–H and O–H groups in total. The quantitative estimate of drug-likeness (QED) is 0.523. The monoisotopic (exact) mass is 410 g/mol. The van der Waals surface area contributed by atoms with Crippen molar-refractivity contribution in [2.24, 2.45) is 0 Å². The van der Waals surface area contributed by atoms with Crippen LogP contribution in [0.25, 0.3) is 16.9 Å². The second-order valence-electron chi connectivity index (χ2n) is 7.44. The van der Waals surface area contributed by atoms with Gasteiger partial charge >= 0.3 is 0 Å². The summed E-state index contributed by atoms with van der Waals surface area (Å²) in [5.74, 6) is 1.95. The van der Waals surface area contributed by atoms with E-state index in [0.717, 1.165) is 47.5 Å². The Hall–Kier alpha value is -3.89. The van der Waals surface area contributed by atoms with Gasteiger partial charge < -0.3 is 15.4 Å². The summed E-state index contributed by atoms with van der Waals surface area (Å²) in [4.78, 5) is 9.79. The van der Waals surface area contributed by atoms with Gasteiger partial charge in [-0.15, -0.1) is 0 Å². The summed E-state index contributed by atoms with van der Waals surface area (Å²) < 4.78 is 7.52. The van der Waals surface area contributed by atoms with Crippen LogP contribution in [-0.2, 0) is 19.5 Å². The smallest absolute Gasteiger partial charge is 0.239 e. The van der Waals surface area contributed by atoms with Crippen LogP contribution in [0, 0.1) is 11.3 Å². The van der Waals surface area contributed by atoms with Crippen molar-refractivity contribution in [1.29, 1.82) is 5.26 Å². The molecule has 154 valence electrons. The zero-order chi connectivity index (χ0) is 21.2. The number of nitrogens with one attached hydrogen (secondary N) is 2. The molecule has 0 radical (unpaired) electrons. The number of nitrogens with zero attached hydrogens (tertiary/aromatic N) is 4. The van der Waals surface area contributed by atoms with Crippen molar-refractivity contribution >= 4 is 16.7 Å². The van der Waals surface area contributed by atoms with Crippen molar-refractivity contribution < 1.29 is 4.74 Å². The molecule has 0 spiro atoms. The predicted octanol–water partition coefficient (Wildman–Crippen LogP) is 3.56. The summed E-state index contributed by atoms with van der Waals surface area (Å²) in [6, 6.07) is 20.0. The maximum absolute atomic E-state index is 9.51. The number of aromatic nitrogens is 3. The molecule has 0 atom stereocenters. The van der Waals surface area contributed by atoms with E-state index < -0.39 is 0 Å². The molecule has 1 aliphatic rings. The summed E-state index contributed by atoms with van der Waals surface area (Å²) in [6.07, 6.45) is 0.829. The fourth-order valence-electron chi connectivity index (χ4n) is 4.02. The van der Waals surface area contributed by atoms with Crippen molar-refractivity contribution in [3.05, 3.63) is 77.0 Å². The largest absolute Gasteiger partial charge is 0.482 e. The fraction of sp³-hybridized carbons (Fsp3) is 0.208. The van der Waals surface area contributed by atoms with Gasteiger partial charge in [-0.3, -0.25) is 0 Å². The van der Waals surface area contributed by atoms with Gasteiger partial charge in [0.2, 0.25) is 11.8 Å². The van der Waals surface area contributed by atoms with E-state index in [1.54, 1.807) is 13.2 Å². The molecule has 5 rings (SSSR count). The Bertz CT molecular complexity index is 1290. The number of anilines is 1. The topological polar surface area (TPSA) is 87.8 Å². The molecule has 0 unspecified atom stereocenters. The summed E-state index contributed by atoms with van der Waals surface area (Å²) >= 11 is 0. The molecule has 7 nitrogen and oxygen atoms in total.